The Morgan fingerprint density at radius 2 is 1.72 bits per heavy atom. The number of hydrogen-bond acceptors (Lipinski definition) is 5. The molecule has 1 amide bonds. The summed E-state index contributed by atoms with van der Waals surface area (Å²) < 4.78 is 6.15. The zero-order chi connectivity index (χ0) is 23.8. The second-order valence-corrected chi connectivity index (χ2v) is 10.8. The molecule has 7 nitrogen and oxygen atoms in total. The SMILES string of the molecule is CC(C)(C)c1nc(N(C(=O)O)C(C)(C)C)c(-c2cc(-c3ccc(CBr)cc3)no2)nc1Br. The third kappa shape index (κ3) is 5.04. The van der Waals surface area contributed by atoms with Gasteiger partial charge in [-0.25, -0.2) is 14.8 Å². The highest BCUT2D eigenvalue weighted by molar-refractivity contribution is 9.10. The van der Waals surface area contributed by atoms with Crippen molar-refractivity contribution in [2.45, 2.75) is 57.8 Å². The maximum atomic E-state index is 12.3. The van der Waals surface area contributed by atoms with Gasteiger partial charge >= 0.3 is 6.09 Å². The van der Waals surface area contributed by atoms with Gasteiger partial charge in [0.2, 0.25) is 0 Å². The second kappa shape index (κ2) is 8.94. The van der Waals surface area contributed by atoms with Gasteiger partial charge in [-0.05, 0) is 42.3 Å². The van der Waals surface area contributed by atoms with Gasteiger partial charge in [0, 0.05) is 27.9 Å². The van der Waals surface area contributed by atoms with Crippen LogP contribution in [0.2, 0.25) is 0 Å². The molecule has 1 N–H and O–H groups in total. The van der Waals surface area contributed by atoms with Crippen molar-refractivity contribution in [2.24, 2.45) is 0 Å². The number of rotatable bonds is 4. The Balaban J connectivity index is 2.20. The lowest BCUT2D eigenvalue weighted by atomic mass is 9.92. The van der Waals surface area contributed by atoms with Gasteiger partial charge in [-0.3, -0.25) is 4.90 Å². The maximum Gasteiger partial charge on any atom is 0.413 e. The molecule has 0 saturated heterocycles. The van der Waals surface area contributed by atoms with E-state index in [1.54, 1.807) is 6.07 Å². The fraction of sp³-hybridized carbons (Fsp3) is 0.391. The first-order valence-electron chi connectivity index (χ1n) is 10.1. The minimum Gasteiger partial charge on any atom is -0.465 e. The minimum absolute atomic E-state index is 0.204. The van der Waals surface area contributed by atoms with Crippen LogP contribution in [0.5, 0.6) is 0 Å². The number of carbonyl (C=O) groups is 1. The summed E-state index contributed by atoms with van der Waals surface area (Å²) in [4.78, 5) is 22.9. The van der Waals surface area contributed by atoms with Gasteiger partial charge in [-0.15, -0.1) is 0 Å². The molecule has 32 heavy (non-hydrogen) atoms. The maximum absolute atomic E-state index is 12.3. The summed E-state index contributed by atoms with van der Waals surface area (Å²) in [7, 11) is 0. The van der Waals surface area contributed by atoms with Crippen molar-refractivity contribution in [3.8, 4) is 22.7 Å². The second-order valence-electron chi connectivity index (χ2n) is 9.48. The Kier molecular flexibility index (Phi) is 6.81. The molecule has 0 saturated carbocycles. The first-order chi connectivity index (χ1) is 14.8. The molecule has 0 unspecified atom stereocenters. The number of carboxylic acid groups (broad SMARTS) is 1. The number of nitrogens with zero attached hydrogens (tertiary/aromatic N) is 4. The zero-order valence-electron chi connectivity index (χ0n) is 18.9. The Morgan fingerprint density at radius 3 is 2.22 bits per heavy atom. The summed E-state index contributed by atoms with van der Waals surface area (Å²) in [5.74, 6) is 0.541. The van der Waals surface area contributed by atoms with Crippen molar-refractivity contribution in [1.82, 2.24) is 15.1 Å². The highest BCUT2D eigenvalue weighted by Crippen LogP contribution is 2.38. The summed E-state index contributed by atoms with van der Waals surface area (Å²) in [6.45, 7) is 11.4. The topological polar surface area (TPSA) is 92.4 Å². The Bertz CT molecular complexity index is 1130. The fourth-order valence-corrected chi connectivity index (χ4v) is 4.42. The van der Waals surface area contributed by atoms with Crippen molar-refractivity contribution in [1.29, 1.82) is 0 Å². The average Bonchev–Trinajstić information content (AvgIpc) is 3.17. The number of benzene rings is 1. The first kappa shape index (κ1) is 24.4. The summed E-state index contributed by atoms with van der Waals surface area (Å²) >= 11 is 6.95. The van der Waals surface area contributed by atoms with E-state index in [9.17, 15) is 9.90 Å². The lowest BCUT2D eigenvalue weighted by Gasteiger charge is -2.34. The van der Waals surface area contributed by atoms with Gasteiger partial charge in [0.1, 0.15) is 10.3 Å². The summed E-state index contributed by atoms with van der Waals surface area (Å²) in [5.41, 5.74) is 2.50. The predicted molar refractivity (Wildman–Crippen MR) is 132 cm³/mol. The van der Waals surface area contributed by atoms with Gasteiger partial charge in [0.25, 0.3) is 0 Å². The van der Waals surface area contributed by atoms with E-state index in [2.05, 4.69) is 42.0 Å². The molecule has 170 valence electrons. The quantitative estimate of drug-likeness (QED) is 0.341. The molecule has 0 aliphatic heterocycles. The Labute approximate surface area is 204 Å². The van der Waals surface area contributed by atoms with E-state index >= 15 is 0 Å². The van der Waals surface area contributed by atoms with Crippen LogP contribution in [0.1, 0.15) is 52.8 Å². The van der Waals surface area contributed by atoms with Gasteiger partial charge in [-0.2, -0.15) is 0 Å². The smallest absolute Gasteiger partial charge is 0.413 e. The molecular formula is C23H26Br2N4O3. The number of amides is 1. The van der Waals surface area contributed by atoms with Crippen molar-refractivity contribution in [2.75, 3.05) is 4.90 Å². The molecule has 0 fully saturated rings. The molecular weight excluding hydrogens is 540 g/mol. The first-order valence-corrected chi connectivity index (χ1v) is 12.0. The minimum atomic E-state index is -1.12. The van der Waals surface area contributed by atoms with Crippen LogP contribution in [-0.4, -0.2) is 31.9 Å². The molecule has 2 aromatic heterocycles. The number of aromatic nitrogens is 3. The van der Waals surface area contributed by atoms with Crippen LogP contribution in [0.3, 0.4) is 0 Å². The number of anilines is 1. The van der Waals surface area contributed by atoms with E-state index in [4.69, 9.17) is 9.51 Å². The summed E-state index contributed by atoms with van der Waals surface area (Å²) in [6, 6.07) is 9.68. The molecule has 3 aromatic rings. The van der Waals surface area contributed by atoms with Crippen molar-refractivity contribution in [3.05, 3.63) is 46.2 Å². The average molecular weight is 566 g/mol. The van der Waals surface area contributed by atoms with Crippen LogP contribution in [0.15, 0.2) is 39.5 Å². The van der Waals surface area contributed by atoms with E-state index in [1.165, 1.54) is 4.90 Å². The van der Waals surface area contributed by atoms with Gasteiger partial charge in [-0.1, -0.05) is 66.1 Å². The van der Waals surface area contributed by atoms with Crippen LogP contribution < -0.4 is 4.90 Å². The van der Waals surface area contributed by atoms with Gasteiger partial charge < -0.3 is 9.63 Å². The van der Waals surface area contributed by atoms with E-state index in [1.807, 2.05) is 65.8 Å². The molecule has 0 atom stereocenters. The molecule has 9 heteroatoms. The highest BCUT2D eigenvalue weighted by atomic mass is 79.9. The number of hydrogen-bond donors (Lipinski definition) is 1. The standard InChI is InChI=1S/C23H26Br2N4O3/c1-22(2,3)18-19(25)26-17(20(27-18)29(21(30)31)23(4,5)6)16-11-15(28-32-16)14-9-7-13(12-24)8-10-14/h7-11H,12H2,1-6H3,(H,30,31). The summed E-state index contributed by atoms with van der Waals surface area (Å²) in [6.07, 6.45) is -1.12. The number of halogens is 2. The van der Waals surface area contributed by atoms with Crippen molar-refractivity contribution < 1.29 is 14.4 Å². The van der Waals surface area contributed by atoms with Crippen LogP contribution in [-0.2, 0) is 10.7 Å². The molecule has 0 radical (unpaired) electrons. The lowest BCUT2D eigenvalue weighted by Crippen LogP contribution is -2.46. The molecule has 2 heterocycles. The lowest BCUT2D eigenvalue weighted by molar-refractivity contribution is 0.195. The fourth-order valence-electron chi connectivity index (χ4n) is 3.19. The van der Waals surface area contributed by atoms with E-state index in [0.29, 0.717) is 27.4 Å². The van der Waals surface area contributed by atoms with E-state index in [-0.39, 0.29) is 11.2 Å². The van der Waals surface area contributed by atoms with E-state index < -0.39 is 11.6 Å². The zero-order valence-corrected chi connectivity index (χ0v) is 22.1. The molecule has 0 aliphatic rings. The Hall–Kier alpha value is -2.26. The normalized spacial score (nSPS) is 12.1. The Morgan fingerprint density at radius 1 is 1.09 bits per heavy atom. The predicted octanol–water partition coefficient (Wildman–Crippen LogP) is 7.04. The monoisotopic (exact) mass is 564 g/mol. The van der Waals surface area contributed by atoms with Gasteiger partial charge in [0.15, 0.2) is 17.3 Å². The molecule has 0 spiro atoms. The van der Waals surface area contributed by atoms with Crippen LogP contribution in [0, 0.1) is 0 Å². The largest absolute Gasteiger partial charge is 0.465 e. The van der Waals surface area contributed by atoms with Crippen LogP contribution in [0.25, 0.3) is 22.7 Å². The molecule has 0 bridgehead atoms. The van der Waals surface area contributed by atoms with E-state index in [0.717, 1.165) is 16.5 Å². The van der Waals surface area contributed by atoms with Gasteiger partial charge in [0.05, 0.1) is 5.69 Å². The van der Waals surface area contributed by atoms with Crippen molar-refractivity contribution in [3.63, 3.8) is 0 Å². The highest BCUT2D eigenvalue weighted by Gasteiger charge is 2.35. The van der Waals surface area contributed by atoms with Crippen molar-refractivity contribution >= 4 is 43.8 Å². The third-order valence-electron chi connectivity index (χ3n) is 4.77. The molecule has 1 aromatic carbocycles. The summed E-state index contributed by atoms with van der Waals surface area (Å²) in [5, 5.41) is 15.0. The molecule has 0 aliphatic carbocycles. The third-order valence-corrected chi connectivity index (χ3v) is 5.97. The number of alkyl halides is 1. The molecule has 3 rings (SSSR count). The van der Waals surface area contributed by atoms with Crippen LogP contribution in [0.4, 0.5) is 10.6 Å². The van der Waals surface area contributed by atoms with Crippen LogP contribution >= 0.6 is 31.9 Å².